The van der Waals surface area contributed by atoms with E-state index in [1.807, 2.05) is 0 Å². The molecule has 3 heteroatoms. The van der Waals surface area contributed by atoms with Gasteiger partial charge in [0.05, 0.1) is 11.4 Å². The maximum Gasteiger partial charge on any atom is 0.175 e. The average molecular weight is 408 g/mol. The van der Waals surface area contributed by atoms with Crippen LogP contribution in [0.1, 0.15) is 101 Å². The Morgan fingerprint density at radius 2 is 0.793 bits per heavy atom. The molecule has 1 aliphatic heterocycles. The van der Waals surface area contributed by atoms with Crippen molar-refractivity contribution in [1.29, 1.82) is 0 Å². The molecule has 0 N–H and O–H groups in total. The zero-order valence-corrected chi connectivity index (χ0v) is 20.2. The summed E-state index contributed by atoms with van der Waals surface area (Å²) in [5, 5.41) is 0. The first-order chi connectivity index (χ1) is 13.7. The lowest BCUT2D eigenvalue weighted by molar-refractivity contribution is 0.834. The van der Waals surface area contributed by atoms with Crippen LogP contribution in [0.25, 0.3) is 0 Å². The van der Waals surface area contributed by atoms with E-state index in [4.69, 9.17) is 0 Å². The van der Waals surface area contributed by atoms with Gasteiger partial charge in [-0.05, 0) is 45.9 Å². The molecule has 0 aromatic heterocycles. The largest absolute Gasteiger partial charge is 0.301 e. The highest BCUT2D eigenvalue weighted by molar-refractivity contribution is 7.43. The highest BCUT2D eigenvalue weighted by Gasteiger charge is 2.27. The SMILES string of the molecule is CC(C)c1cccc(C(C)C)c1N1C=CN(c2c(C(C)C)cccc2C(C)C)[P]1. The molecular weight excluding hydrogens is 371 g/mol. The summed E-state index contributed by atoms with van der Waals surface area (Å²) in [6, 6.07) is 13.6. The van der Waals surface area contributed by atoms with Crippen molar-refractivity contribution in [2.75, 3.05) is 9.34 Å². The molecule has 1 heterocycles. The Hall–Kier alpha value is -1.79. The van der Waals surface area contributed by atoms with Gasteiger partial charge in [0.15, 0.2) is 8.88 Å². The maximum absolute atomic E-state index is 2.42. The monoisotopic (exact) mass is 407 g/mol. The summed E-state index contributed by atoms with van der Waals surface area (Å²) in [5.41, 5.74) is 8.47. The summed E-state index contributed by atoms with van der Waals surface area (Å²) < 4.78 is 4.84. The Labute approximate surface area is 179 Å². The van der Waals surface area contributed by atoms with Gasteiger partial charge in [-0.3, -0.25) is 0 Å². The standard InChI is InChI=1S/C26H36N2P/c1-17(2)21-11-9-12-22(18(3)4)25(21)27-15-16-28(29-27)26-23(19(5)6)13-10-14-24(26)20(7)8/h9-20H,1-8H3. The summed E-state index contributed by atoms with van der Waals surface area (Å²) in [4.78, 5) is 0. The molecule has 2 nitrogen and oxygen atoms in total. The van der Waals surface area contributed by atoms with Gasteiger partial charge in [0.2, 0.25) is 0 Å². The first-order valence-electron chi connectivity index (χ1n) is 11.0. The van der Waals surface area contributed by atoms with Crippen molar-refractivity contribution in [3.8, 4) is 0 Å². The molecule has 0 saturated carbocycles. The predicted molar refractivity (Wildman–Crippen MR) is 130 cm³/mol. The summed E-state index contributed by atoms with van der Waals surface area (Å²) in [6.07, 6.45) is 4.52. The van der Waals surface area contributed by atoms with Gasteiger partial charge in [-0.1, -0.05) is 91.8 Å². The first kappa shape index (κ1) is 21.9. The van der Waals surface area contributed by atoms with Crippen molar-refractivity contribution >= 4 is 20.3 Å². The minimum Gasteiger partial charge on any atom is -0.301 e. The van der Waals surface area contributed by atoms with Crippen molar-refractivity contribution in [3.05, 3.63) is 71.1 Å². The van der Waals surface area contributed by atoms with Gasteiger partial charge in [0.25, 0.3) is 0 Å². The molecule has 0 spiro atoms. The van der Waals surface area contributed by atoms with Gasteiger partial charge in [0, 0.05) is 12.4 Å². The first-order valence-corrected chi connectivity index (χ1v) is 11.8. The van der Waals surface area contributed by atoms with E-state index in [1.165, 1.54) is 42.5 Å². The van der Waals surface area contributed by atoms with Crippen molar-refractivity contribution in [2.24, 2.45) is 0 Å². The van der Waals surface area contributed by atoms with E-state index in [-0.39, 0.29) is 0 Å². The summed E-state index contributed by atoms with van der Waals surface area (Å²) in [5.74, 6) is 1.98. The van der Waals surface area contributed by atoms with Gasteiger partial charge < -0.3 is 9.34 Å². The Morgan fingerprint density at radius 3 is 1.03 bits per heavy atom. The van der Waals surface area contributed by atoms with Crippen LogP contribution >= 0.6 is 8.88 Å². The molecule has 29 heavy (non-hydrogen) atoms. The van der Waals surface area contributed by atoms with Crippen molar-refractivity contribution in [1.82, 2.24) is 0 Å². The quantitative estimate of drug-likeness (QED) is 0.442. The molecule has 155 valence electrons. The lowest BCUT2D eigenvalue weighted by Gasteiger charge is -2.29. The lowest BCUT2D eigenvalue weighted by atomic mass is 9.92. The van der Waals surface area contributed by atoms with Crippen LogP contribution in [0, 0.1) is 0 Å². The minimum absolute atomic E-state index is 0.496. The average Bonchev–Trinajstić information content (AvgIpc) is 3.15. The van der Waals surface area contributed by atoms with E-state index in [0.717, 1.165) is 0 Å². The Balaban J connectivity index is 2.05. The van der Waals surface area contributed by atoms with Crippen LogP contribution in [-0.4, -0.2) is 0 Å². The number of benzene rings is 2. The van der Waals surface area contributed by atoms with Gasteiger partial charge in [-0.15, -0.1) is 0 Å². The van der Waals surface area contributed by atoms with E-state index in [1.54, 1.807) is 0 Å². The second-order valence-corrected chi connectivity index (χ2v) is 10.3. The highest BCUT2D eigenvalue weighted by Crippen LogP contribution is 2.48. The van der Waals surface area contributed by atoms with Crippen LogP contribution in [-0.2, 0) is 0 Å². The fourth-order valence-electron chi connectivity index (χ4n) is 4.08. The van der Waals surface area contributed by atoms with Crippen molar-refractivity contribution in [3.63, 3.8) is 0 Å². The molecule has 3 rings (SSSR count). The number of hydrogen-bond donors (Lipinski definition) is 0. The van der Waals surface area contributed by atoms with Gasteiger partial charge in [0.1, 0.15) is 0 Å². The van der Waals surface area contributed by atoms with Crippen LogP contribution in [0.15, 0.2) is 48.8 Å². The zero-order valence-electron chi connectivity index (χ0n) is 19.3. The number of rotatable bonds is 6. The molecule has 0 atom stereocenters. The summed E-state index contributed by atoms with van der Waals surface area (Å²) in [7, 11) is 1.18. The number of para-hydroxylation sites is 2. The molecule has 2 aromatic rings. The Kier molecular flexibility index (Phi) is 6.74. The number of hydrogen-bond acceptors (Lipinski definition) is 2. The molecule has 0 unspecified atom stereocenters. The van der Waals surface area contributed by atoms with E-state index in [0.29, 0.717) is 23.7 Å². The van der Waals surface area contributed by atoms with Crippen LogP contribution in [0.5, 0.6) is 0 Å². The third-order valence-corrected chi connectivity index (χ3v) is 6.74. The fourth-order valence-corrected chi connectivity index (χ4v) is 5.17. The molecule has 0 aliphatic carbocycles. The normalized spacial score (nSPS) is 14.3. The van der Waals surface area contributed by atoms with Gasteiger partial charge in [-0.25, -0.2) is 0 Å². The summed E-state index contributed by atoms with van der Waals surface area (Å²) in [6.45, 7) is 18.4. The Morgan fingerprint density at radius 1 is 0.517 bits per heavy atom. The smallest absolute Gasteiger partial charge is 0.175 e. The third kappa shape index (κ3) is 4.38. The van der Waals surface area contributed by atoms with E-state index in [2.05, 4.69) is 114 Å². The Bertz CT molecular complexity index is 756. The molecule has 0 saturated heterocycles. The lowest BCUT2D eigenvalue weighted by Crippen LogP contribution is -2.14. The third-order valence-electron chi connectivity index (χ3n) is 5.68. The van der Waals surface area contributed by atoms with Crippen LogP contribution in [0.4, 0.5) is 11.4 Å². The van der Waals surface area contributed by atoms with Crippen LogP contribution in [0.3, 0.4) is 0 Å². The number of nitrogens with zero attached hydrogens (tertiary/aromatic N) is 2. The molecule has 2 aromatic carbocycles. The minimum atomic E-state index is 0.496. The second kappa shape index (κ2) is 8.92. The molecule has 1 aliphatic rings. The highest BCUT2D eigenvalue weighted by atomic mass is 31.1. The zero-order chi connectivity index (χ0) is 21.3. The number of anilines is 2. The summed E-state index contributed by atoms with van der Waals surface area (Å²) >= 11 is 0. The van der Waals surface area contributed by atoms with E-state index >= 15 is 0 Å². The van der Waals surface area contributed by atoms with Gasteiger partial charge >= 0.3 is 0 Å². The maximum atomic E-state index is 2.42. The topological polar surface area (TPSA) is 6.48 Å². The second-order valence-electron chi connectivity index (χ2n) is 9.27. The van der Waals surface area contributed by atoms with E-state index < -0.39 is 0 Å². The fraction of sp³-hybridized carbons (Fsp3) is 0.462. The molecular formula is C26H36N2P. The van der Waals surface area contributed by atoms with Crippen LogP contribution in [0.2, 0.25) is 0 Å². The molecule has 0 fully saturated rings. The van der Waals surface area contributed by atoms with Crippen LogP contribution < -0.4 is 9.34 Å². The molecule has 1 radical (unpaired) electrons. The van der Waals surface area contributed by atoms with E-state index in [9.17, 15) is 0 Å². The van der Waals surface area contributed by atoms with Crippen molar-refractivity contribution < 1.29 is 0 Å². The molecule has 0 amide bonds. The molecule has 0 bridgehead atoms. The predicted octanol–water partition coefficient (Wildman–Crippen LogP) is 8.75. The van der Waals surface area contributed by atoms with Gasteiger partial charge in [-0.2, -0.15) is 0 Å². The van der Waals surface area contributed by atoms with Crippen molar-refractivity contribution in [2.45, 2.75) is 79.1 Å².